The number of benzene rings is 2. The van der Waals surface area contributed by atoms with Gasteiger partial charge >= 0.3 is 0 Å². The summed E-state index contributed by atoms with van der Waals surface area (Å²) in [6.45, 7) is 2.01. The van der Waals surface area contributed by atoms with E-state index in [9.17, 15) is 4.79 Å². The van der Waals surface area contributed by atoms with Gasteiger partial charge in [0.15, 0.2) is 0 Å². The SMILES string of the molecule is CCC(CCl)NC(=O)c1ccc2cc(Br)ccc2c1. The highest BCUT2D eigenvalue weighted by Gasteiger charge is 2.11. The third-order valence-corrected chi connectivity index (χ3v) is 3.94. The van der Waals surface area contributed by atoms with Gasteiger partial charge in [-0.1, -0.05) is 35.0 Å². The monoisotopic (exact) mass is 339 g/mol. The normalized spacial score (nSPS) is 12.4. The second-order valence-electron chi connectivity index (χ2n) is 4.44. The van der Waals surface area contributed by atoms with Crippen molar-refractivity contribution >= 4 is 44.2 Å². The molecule has 2 nitrogen and oxygen atoms in total. The number of carbonyl (C=O) groups is 1. The zero-order chi connectivity index (χ0) is 13.8. The topological polar surface area (TPSA) is 29.1 Å². The first-order valence-electron chi connectivity index (χ1n) is 6.20. The van der Waals surface area contributed by atoms with Gasteiger partial charge in [-0.2, -0.15) is 0 Å². The van der Waals surface area contributed by atoms with E-state index in [2.05, 4.69) is 21.2 Å². The predicted octanol–water partition coefficient (Wildman–Crippen LogP) is 4.35. The number of fused-ring (bicyclic) bond motifs is 1. The molecule has 0 heterocycles. The molecule has 2 aromatic carbocycles. The van der Waals surface area contributed by atoms with Crippen LogP contribution in [0.5, 0.6) is 0 Å². The molecule has 1 atom stereocenters. The molecule has 0 radical (unpaired) electrons. The van der Waals surface area contributed by atoms with Gasteiger partial charge in [0.25, 0.3) is 5.91 Å². The van der Waals surface area contributed by atoms with E-state index >= 15 is 0 Å². The smallest absolute Gasteiger partial charge is 0.251 e. The van der Waals surface area contributed by atoms with Gasteiger partial charge in [-0.05, 0) is 41.5 Å². The van der Waals surface area contributed by atoms with Crippen LogP contribution in [0.4, 0.5) is 0 Å². The molecule has 0 aliphatic rings. The molecule has 0 aliphatic heterocycles. The van der Waals surface area contributed by atoms with Gasteiger partial charge in [-0.3, -0.25) is 4.79 Å². The fourth-order valence-electron chi connectivity index (χ4n) is 1.88. The quantitative estimate of drug-likeness (QED) is 0.824. The van der Waals surface area contributed by atoms with Gasteiger partial charge in [0.1, 0.15) is 0 Å². The molecule has 0 saturated heterocycles. The average Bonchev–Trinajstić information content (AvgIpc) is 2.43. The molecule has 100 valence electrons. The maximum atomic E-state index is 12.1. The summed E-state index contributed by atoms with van der Waals surface area (Å²) in [7, 11) is 0. The second kappa shape index (κ2) is 6.40. The van der Waals surface area contributed by atoms with Crippen LogP contribution >= 0.6 is 27.5 Å². The third-order valence-electron chi connectivity index (χ3n) is 3.08. The van der Waals surface area contributed by atoms with Crippen molar-refractivity contribution in [1.29, 1.82) is 0 Å². The molecular weight excluding hydrogens is 326 g/mol. The van der Waals surface area contributed by atoms with Crippen molar-refractivity contribution in [1.82, 2.24) is 5.32 Å². The number of carbonyl (C=O) groups excluding carboxylic acids is 1. The number of amides is 1. The molecule has 0 saturated carbocycles. The van der Waals surface area contributed by atoms with Crippen LogP contribution in [0.2, 0.25) is 0 Å². The lowest BCUT2D eigenvalue weighted by molar-refractivity contribution is 0.0940. The molecule has 1 unspecified atom stereocenters. The summed E-state index contributed by atoms with van der Waals surface area (Å²) in [5.74, 6) is 0.361. The van der Waals surface area contributed by atoms with E-state index in [4.69, 9.17) is 11.6 Å². The maximum Gasteiger partial charge on any atom is 0.251 e. The van der Waals surface area contributed by atoms with E-state index in [0.29, 0.717) is 11.4 Å². The molecule has 19 heavy (non-hydrogen) atoms. The third kappa shape index (κ3) is 3.48. The minimum atomic E-state index is -0.0719. The van der Waals surface area contributed by atoms with Crippen LogP contribution < -0.4 is 5.32 Å². The van der Waals surface area contributed by atoms with E-state index in [1.807, 2.05) is 43.3 Å². The Labute approximate surface area is 126 Å². The Morgan fingerprint density at radius 1 is 1.26 bits per heavy atom. The van der Waals surface area contributed by atoms with Crippen molar-refractivity contribution in [3.8, 4) is 0 Å². The first kappa shape index (κ1) is 14.4. The maximum absolute atomic E-state index is 12.1. The molecule has 4 heteroatoms. The summed E-state index contributed by atoms with van der Waals surface area (Å²) in [6.07, 6.45) is 0.829. The minimum absolute atomic E-state index is 0.0229. The first-order chi connectivity index (χ1) is 9.13. The number of halogens is 2. The number of nitrogens with one attached hydrogen (secondary N) is 1. The summed E-state index contributed by atoms with van der Waals surface area (Å²) >= 11 is 9.23. The van der Waals surface area contributed by atoms with Gasteiger partial charge < -0.3 is 5.32 Å². The Kier molecular flexibility index (Phi) is 4.83. The molecule has 1 N–H and O–H groups in total. The zero-order valence-electron chi connectivity index (χ0n) is 10.6. The van der Waals surface area contributed by atoms with Crippen LogP contribution in [0.15, 0.2) is 40.9 Å². The second-order valence-corrected chi connectivity index (χ2v) is 5.66. The Hall–Kier alpha value is -1.06. The number of hydrogen-bond donors (Lipinski definition) is 1. The number of rotatable bonds is 4. The highest BCUT2D eigenvalue weighted by molar-refractivity contribution is 9.10. The fraction of sp³-hybridized carbons (Fsp3) is 0.267. The van der Waals surface area contributed by atoms with Gasteiger partial charge in [-0.15, -0.1) is 11.6 Å². The fourth-order valence-corrected chi connectivity index (χ4v) is 2.55. The van der Waals surface area contributed by atoms with E-state index in [1.54, 1.807) is 0 Å². The summed E-state index contributed by atoms with van der Waals surface area (Å²) in [4.78, 5) is 12.1. The van der Waals surface area contributed by atoms with Crippen LogP contribution in [0.1, 0.15) is 23.7 Å². The van der Waals surface area contributed by atoms with E-state index in [0.717, 1.165) is 21.7 Å². The Bertz CT molecular complexity index is 596. The Balaban J connectivity index is 2.25. The Morgan fingerprint density at radius 3 is 2.63 bits per heavy atom. The molecule has 0 aliphatic carbocycles. The van der Waals surface area contributed by atoms with Gasteiger partial charge in [-0.25, -0.2) is 0 Å². The summed E-state index contributed by atoms with van der Waals surface area (Å²) in [5, 5.41) is 5.09. The van der Waals surface area contributed by atoms with E-state index in [-0.39, 0.29) is 11.9 Å². The standard InChI is InChI=1S/C15H15BrClNO/c1-2-14(9-17)18-15(19)12-4-3-11-8-13(16)6-5-10(11)7-12/h3-8,14H,2,9H2,1H3,(H,18,19). The van der Waals surface area contributed by atoms with Crippen LogP contribution in [0, 0.1) is 0 Å². The highest BCUT2D eigenvalue weighted by Crippen LogP contribution is 2.21. The van der Waals surface area contributed by atoms with Crippen LogP contribution in [-0.4, -0.2) is 17.8 Å². The van der Waals surface area contributed by atoms with Crippen LogP contribution in [0.3, 0.4) is 0 Å². The molecule has 0 fully saturated rings. The van der Waals surface area contributed by atoms with Gasteiger partial charge in [0.05, 0.1) is 0 Å². The van der Waals surface area contributed by atoms with Crippen LogP contribution in [-0.2, 0) is 0 Å². The molecule has 0 aromatic heterocycles. The molecule has 2 rings (SSSR count). The largest absolute Gasteiger partial charge is 0.348 e. The molecule has 0 spiro atoms. The molecule has 2 aromatic rings. The summed E-state index contributed by atoms with van der Waals surface area (Å²) < 4.78 is 1.03. The van der Waals surface area contributed by atoms with Crippen molar-refractivity contribution < 1.29 is 4.79 Å². The molecule has 0 bridgehead atoms. The Morgan fingerprint density at radius 2 is 1.95 bits per heavy atom. The van der Waals surface area contributed by atoms with E-state index < -0.39 is 0 Å². The minimum Gasteiger partial charge on any atom is -0.348 e. The van der Waals surface area contributed by atoms with E-state index in [1.165, 1.54) is 0 Å². The average molecular weight is 341 g/mol. The molecular formula is C15H15BrClNO. The molecule has 1 amide bonds. The van der Waals surface area contributed by atoms with Gasteiger partial charge in [0.2, 0.25) is 0 Å². The van der Waals surface area contributed by atoms with Crippen molar-refractivity contribution in [3.63, 3.8) is 0 Å². The summed E-state index contributed by atoms with van der Waals surface area (Å²) in [6, 6.07) is 11.7. The predicted molar refractivity (Wildman–Crippen MR) is 83.9 cm³/mol. The van der Waals surface area contributed by atoms with Crippen molar-refractivity contribution in [2.24, 2.45) is 0 Å². The van der Waals surface area contributed by atoms with Crippen LogP contribution in [0.25, 0.3) is 10.8 Å². The lowest BCUT2D eigenvalue weighted by atomic mass is 10.1. The summed E-state index contributed by atoms with van der Waals surface area (Å²) in [5.41, 5.74) is 0.665. The van der Waals surface area contributed by atoms with Crippen molar-refractivity contribution in [2.45, 2.75) is 19.4 Å². The lowest BCUT2D eigenvalue weighted by Gasteiger charge is -2.14. The number of hydrogen-bond acceptors (Lipinski definition) is 1. The van der Waals surface area contributed by atoms with Crippen molar-refractivity contribution in [2.75, 3.05) is 5.88 Å². The zero-order valence-corrected chi connectivity index (χ0v) is 13.0. The lowest BCUT2D eigenvalue weighted by Crippen LogP contribution is -2.35. The highest BCUT2D eigenvalue weighted by atomic mass is 79.9. The van der Waals surface area contributed by atoms with Crippen molar-refractivity contribution in [3.05, 3.63) is 46.4 Å². The van der Waals surface area contributed by atoms with Gasteiger partial charge in [0, 0.05) is 22.0 Å². The number of alkyl halides is 1. The first-order valence-corrected chi connectivity index (χ1v) is 7.53.